The van der Waals surface area contributed by atoms with Crippen molar-refractivity contribution in [2.24, 2.45) is 0 Å². The van der Waals surface area contributed by atoms with Crippen molar-refractivity contribution in [3.8, 4) is 0 Å². The highest BCUT2D eigenvalue weighted by atomic mass is 79.9. The van der Waals surface area contributed by atoms with E-state index in [0.29, 0.717) is 18.5 Å². The van der Waals surface area contributed by atoms with Crippen LogP contribution in [0.3, 0.4) is 0 Å². The molecule has 2 heterocycles. The van der Waals surface area contributed by atoms with Crippen LogP contribution >= 0.6 is 43.6 Å². The lowest BCUT2D eigenvalue weighted by molar-refractivity contribution is -0.121. The molecule has 2 aromatic carbocycles. The lowest BCUT2D eigenvalue weighted by Gasteiger charge is -2.29. The minimum Gasteiger partial charge on any atom is -0.322 e. The fraction of sp³-hybridized carbons (Fsp3) is 0.176. The molecule has 0 radical (unpaired) electrons. The Kier molecular flexibility index (Phi) is 3.97. The Labute approximate surface area is 160 Å². The van der Waals surface area contributed by atoms with Crippen LogP contribution in [-0.4, -0.2) is 16.7 Å². The Balaban J connectivity index is 1.71. The first-order valence-electron chi connectivity index (χ1n) is 7.39. The van der Waals surface area contributed by atoms with Crippen LogP contribution in [0, 0.1) is 0 Å². The fourth-order valence-electron chi connectivity index (χ4n) is 3.11. The van der Waals surface area contributed by atoms with Crippen LogP contribution in [0.25, 0.3) is 0 Å². The number of para-hydroxylation sites is 1. The Hall–Kier alpha value is -1.31. The largest absolute Gasteiger partial charge is 0.322 e. The Morgan fingerprint density at radius 1 is 1.21 bits per heavy atom. The first-order chi connectivity index (χ1) is 11.5. The Bertz CT molecular complexity index is 873. The highest BCUT2D eigenvalue weighted by Crippen LogP contribution is 2.56. The number of carbonyl (C=O) groups is 2. The lowest BCUT2D eigenvalue weighted by Crippen LogP contribution is -2.49. The van der Waals surface area contributed by atoms with Crippen LogP contribution in [0.4, 0.5) is 11.4 Å². The van der Waals surface area contributed by atoms with E-state index in [1.165, 1.54) is 11.8 Å². The third-order valence-electron chi connectivity index (χ3n) is 4.20. The first kappa shape index (κ1) is 16.2. The molecule has 4 rings (SSSR count). The summed E-state index contributed by atoms with van der Waals surface area (Å²) in [6.45, 7) is 0. The molecule has 0 spiro atoms. The van der Waals surface area contributed by atoms with Crippen molar-refractivity contribution in [3.63, 3.8) is 0 Å². The Morgan fingerprint density at radius 2 is 2.00 bits per heavy atom. The van der Waals surface area contributed by atoms with E-state index in [9.17, 15) is 9.59 Å². The standard InChI is InChI=1S/C17H12Br2N2O2S/c18-10-5-6-11(19)12(9-10)20-16(23)17-8-7-15(22)21(17)13-3-1-2-4-14(13)24-17/h1-6,9H,7-8H2,(H,20,23). The maximum absolute atomic E-state index is 13.1. The van der Waals surface area contributed by atoms with Gasteiger partial charge < -0.3 is 5.32 Å². The molecule has 0 aliphatic carbocycles. The fourth-order valence-corrected chi connectivity index (χ4v) is 5.23. The van der Waals surface area contributed by atoms with E-state index in [-0.39, 0.29) is 11.8 Å². The van der Waals surface area contributed by atoms with E-state index in [1.807, 2.05) is 42.5 Å². The summed E-state index contributed by atoms with van der Waals surface area (Å²) >= 11 is 8.33. The van der Waals surface area contributed by atoms with E-state index >= 15 is 0 Å². The number of halogens is 2. The SMILES string of the molecule is O=C1CCC2(C(=O)Nc3cc(Br)ccc3Br)Sc3ccccc3N12. The predicted molar refractivity (Wildman–Crippen MR) is 102 cm³/mol. The number of nitrogens with one attached hydrogen (secondary N) is 1. The number of rotatable bonds is 2. The third-order valence-corrected chi connectivity index (χ3v) is 6.86. The molecule has 2 amide bonds. The Morgan fingerprint density at radius 3 is 2.83 bits per heavy atom. The van der Waals surface area contributed by atoms with Crippen LogP contribution in [0.1, 0.15) is 12.8 Å². The summed E-state index contributed by atoms with van der Waals surface area (Å²) in [5, 5.41) is 2.98. The molecule has 0 saturated carbocycles. The summed E-state index contributed by atoms with van der Waals surface area (Å²) in [7, 11) is 0. The minimum absolute atomic E-state index is 0.00379. The van der Waals surface area contributed by atoms with Gasteiger partial charge in [0.25, 0.3) is 5.91 Å². The zero-order valence-electron chi connectivity index (χ0n) is 12.4. The van der Waals surface area contributed by atoms with Crippen molar-refractivity contribution in [2.45, 2.75) is 22.6 Å². The summed E-state index contributed by atoms with van der Waals surface area (Å²) in [5.41, 5.74) is 1.51. The maximum atomic E-state index is 13.1. The molecular formula is C17H12Br2N2O2S. The summed E-state index contributed by atoms with van der Waals surface area (Å²) in [6, 6.07) is 13.3. The number of amides is 2. The molecule has 2 aromatic rings. The van der Waals surface area contributed by atoms with Gasteiger partial charge in [-0.15, -0.1) is 0 Å². The molecule has 2 aliphatic rings. The van der Waals surface area contributed by atoms with Crippen LogP contribution in [-0.2, 0) is 9.59 Å². The molecule has 7 heteroatoms. The zero-order chi connectivity index (χ0) is 16.9. The molecule has 1 atom stereocenters. The normalized spacial score (nSPS) is 21.6. The van der Waals surface area contributed by atoms with Gasteiger partial charge in [0.05, 0.1) is 11.4 Å². The van der Waals surface area contributed by atoms with Crippen LogP contribution < -0.4 is 10.2 Å². The summed E-state index contributed by atoms with van der Waals surface area (Å²) < 4.78 is 1.67. The first-order valence-corrected chi connectivity index (χ1v) is 9.79. The van der Waals surface area contributed by atoms with Gasteiger partial charge in [-0.05, 0) is 52.7 Å². The topological polar surface area (TPSA) is 49.4 Å². The molecule has 0 aromatic heterocycles. The average Bonchev–Trinajstić information content (AvgIpc) is 3.07. The molecular weight excluding hydrogens is 456 g/mol. The number of hydrogen-bond acceptors (Lipinski definition) is 3. The zero-order valence-corrected chi connectivity index (χ0v) is 16.4. The number of fused-ring (bicyclic) bond motifs is 3. The van der Waals surface area contributed by atoms with Gasteiger partial charge in [0.1, 0.15) is 0 Å². The maximum Gasteiger partial charge on any atom is 0.261 e. The predicted octanol–water partition coefficient (Wildman–Crippen LogP) is 4.78. The number of hydrogen-bond donors (Lipinski definition) is 1. The van der Waals surface area contributed by atoms with Gasteiger partial charge in [0, 0.05) is 20.3 Å². The summed E-state index contributed by atoms with van der Waals surface area (Å²) in [5.74, 6) is -0.177. The molecule has 4 nitrogen and oxygen atoms in total. The third kappa shape index (κ3) is 2.41. The van der Waals surface area contributed by atoms with Crippen LogP contribution in [0.15, 0.2) is 56.3 Å². The second-order valence-electron chi connectivity index (χ2n) is 5.66. The molecule has 2 aliphatic heterocycles. The highest BCUT2D eigenvalue weighted by Gasteiger charge is 2.57. The van der Waals surface area contributed by atoms with E-state index < -0.39 is 4.87 Å². The van der Waals surface area contributed by atoms with Crippen molar-refractivity contribution in [2.75, 3.05) is 10.2 Å². The number of anilines is 2. The molecule has 122 valence electrons. The van der Waals surface area contributed by atoms with Crippen molar-refractivity contribution >= 4 is 66.8 Å². The number of thioether (sulfide) groups is 1. The van der Waals surface area contributed by atoms with E-state index in [1.54, 1.807) is 4.90 Å². The van der Waals surface area contributed by atoms with E-state index in [4.69, 9.17) is 0 Å². The van der Waals surface area contributed by atoms with Gasteiger partial charge in [-0.25, -0.2) is 0 Å². The van der Waals surface area contributed by atoms with E-state index in [2.05, 4.69) is 37.2 Å². The van der Waals surface area contributed by atoms with Crippen molar-refractivity contribution < 1.29 is 9.59 Å². The average molecular weight is 468 g/mol. The molecule has 0 bridgehead atoms. The second kappa shape index (κ2) is 5.89. The number of carbonyl (C=O) groups excluding carboxylic acids is 2. The van der Waals surface area contributed by atoms with Gasteiger partial charge in [-0.2, -0.15) is 0 Å². The molecule has 1 unspecified atom stereocenters. The molecule has 24 heavy (non-hydrogen) atoms. The van der Waals surface area contributed by atoms with Crippen molar-refractivity contribution in [1.82, 2.24) is 0 Å². The minimum atomic E-state index is -0.900. The molecule has 1 saturated heterocycles. The van der Waals surface area contributed by atoms with Gasteiger partial charge in [0.15, 0.2) is 4.87 Å². The second-order valence-corrected chi connectivity index (χ2v) is 8.75. The highest BCUT2D eigenvalue weighted by molar-refractivity contribution is 9.11. The van der Waals surface area contributed by atoms with Crippen molar-refractivity contribution in [1.29, 1.82) is 0 Å². The van der Waals surface area contributed by atoms with Crippen LogP contribution in [0.5, 0.6) is 0 Å². The van der Waals surface area contributed by atoms with Gasteiger partial charge >= 0.3 is 0 Å². The van der Waals surface area contributed by atoms with Crippen molar-refractivity contribution in [3.05, 3.63) is 51.4 Å². The molecule has 1 N–H and O–H groups in total. The number of benzene rings is 2. The quantitative estimate of drug-likeness (QED) is 0.691. The van der Waals surface area contributed by atoms with Crippen LogP contribution in [0.2, 0.25) is 0 Å². The smallest absolute Gasteiger partial charge is 0.261 e. The molecule has 1 fully saturated rings. The summed E-state index contributed by atoms with van der Waals surface area (Å²) in [4.78, 5) is 27.3. The number of nitrogens with zero attached hydrogens (tertiary/aromatic N) is 1. The monoisotopic (exact) mass is 466 g/mol. The van der Waals surface area contributed by atoms with E-state index in [0.717, 1.165) is 19.5 Å². The van der Waals surface area contributed by atoms with Gasteiger partial charge in [0.2, 0.25) is 5.91 Å². The van der Waals surface area contributed by atoms with Gasteiger partial charge in [-0.3, -0.25) is 14.5 Å². The summed E-state index contributed by atoms with van der Waals surface area (Å²) in [6.07, 6.45) is 0.886. The lowest BCUT2D eigenvalue weighted by atomic mass is 10.1. The van der Waals surface area contributed by atoms with Gasteiger partial charge in [-0.1, -0.05) is 39.8 Å².